The molecule has 1 aromatic rings. The number of amides is 1. The second kappa shape index (κ2) is 9.74. The van der Waals surface area contributed by atoms with E-state index in [2.05, 4.69) is 10.2 Å². The molecule has 162 valence electrons. The van der Waals surface area contributed by atoms with E-state index in [4.69, 9.17) is 9.47 Å². The Labute approximate surface area is 171 Å². The van der Waals surface area contributed by atoms with E-state index in [1.165, 1.54) is 0 Å². The first kappa shape index (κ1) is 21.8. The molecule has 0 atom stereocenters. The number of carbonyl (C=O) groups excluding carboxylic acids is 1. The molecule has 0 bridgehead atoms. The number of hydrogen-bond acceptors (Lipinski definition) is 4. The highest BCUT2D eigenvalue weighted by atomic mass is 19.3. The number of hydrogen-bond donors (Lipinski definition) is 1. The van der Waals surface area contributed by atoms with Crippen molar-refractivity contribution >= 4 is 6.09 Å². The summed E-state index contributed by atoms with van der Waals surface area (Å²) in [5.41, 5.74) is 1.52. The zero-order valence-corrected chi connectivity index (χ0v) is 17.3. The number of nitrogens with zero attached hydrogens (tertiary/aromatic N) is 1. The number of ether oxygens (including phenoxy) is 2. The molecule has 2 aliphatic rings. The van der Waals surface area contributed by atoms with Crippen LogP contribution in [0.4, 0.5) is 13.6 Å². The number of alkyl carbamates (subject to hydrolysis) is 1. The van der Waals surface area contributed by atoms with Gasteiger partial charge in [-0.3, -0.25) is 4.90 Å². The Hall–Kier alpha value is -1.89. The van der Waals surface area contributed by atoms with E-state index in [0.29, 0.717) is 23.7 Å². The van der Waals surface area contributed by atoms with Gasteiger partial charge in [0.1, 0.15) is 12.4 Å². The van der Waals surface area contributed by atoms with Crippen molar-refractivity contribution in [2.24, 2.45) is 11.3 Å². The summed E-state index contributed by atoms with van der Waals surface area (Å²) in [5, 5.41) is 2.98. The average molecular weight is 411 g/mol. The molecule has 1 aromatic carbocycles. The van der Waals surface area contributed by atoms with Crippen LogP contribution in [0.5, 0.6) is 5.75 Å². The molecule has 0 unspecified atom stereocenters. The van der Waals surface area contributed by atoms with Gasteiger partial charge in [-0.15, -0.1) is 0 Å². The standard InChI is InChI=1S/C22H32F2N2O3/c1-16(2)14-29-21(27)25-18-11-22(12-18)7-9-26(10-8-22)13-17-3-5-19(6-4-17)28-15-20(23)24/h3-6,16,18,20H,7-15H2,1-2H3,(H,25,27). The molecule has 0 radical (unpaired) electrons. The van der Waals surface area contributed by atoms with E-state index in [9.17, 15) is 13.6 Å². The van der Waals surface area contributed by atoms with Crippen LogP contribution in [0.15, 0.2) is 24.3 Å². The van der Waals surface area contributed by atoms with E-state index >= 15 is 0 Å². The fourth-order valence-electron chi connectivity index (χ4n) is 4.24. The second-order valence-electron chi connectivity index (χ2n) is 8.86. The van der Waals surface area contributed by atoms with Crippen LogP contribution in [0.2, 0.25) is 0 Å². The zero-order valence-electron chi connectivity index (χ0n) is 17.3. The normalized spacial score (nSPS) is 19.4. The van der Waals surface area contributed by atoms with Crippen molar-refractivity contribution in [2.75, 3.05) is 26.3 Å². The molecule has 1 aliphatic heterocycles. The first-order valence-electron chi connectivity index (χ1n) is 10.5. The highest BCUT2D eigenvalue weighted by Gasteiger charge is 2.46. The van der Waals surface area contributed by atoms with Crippen LogP contribution in [-0.2, 0) is 11.3 Å². The third-order valence-corrected chi connectivity index (χ3v) is 5.85. The predicted octanol–water partition coefficient (Wildman–Crippen LogP) is 4.46. The summed E-state index contributed by atoms with van der Waals surface area (Å²) in [6.45, 7) is 6.86. The van der Waals surface area contributed by atoms with Crippen LogP contribution >= 0.6 is 0 Å². The topological polar surface area (TPSA) is 50.8 Å². The number of piperidine rings is 1. The number of nitrogens with one attached hydrogen (secondary N) is 1. The van der Waals surface area contributed by atoms with Gasteiger partial charge in [-0.2, -0.15) is 0 Å². The summed E-state index contributed by atoms with van der Waals surface area (Å²) in [4.78, 5) is 14.2. The van der Waals surface area contributed by atoms with Gasteiger partial charge in [-0.1, -0.05) is 26.0 Å². The number of likely N-dealkylation sites (tertiary alicyclic amines) is 1. The van der Waals surface area contributed by atoms with Gasteiger partial charge in [-0.25, -0.2) is 13.6 Å². The summed E-state index contributed by atoms with van der Waals surface area (Å²) in [6, 6.07) is 7.63. The summed E-state index contributed by atoms with van der Waals surface area (Å²) in [5.74, 6) is 0.825. The van der Waals surface area contributed by atoms with Crippen molar-refractivity contribution in [3.63, 3.8) is 0 Å². The molecule has 29 heavy (non-hydrogen) atoms. The Balaban J connectivity index is 1.35. The van der Waals surface area contributed by atoms with Gasteiger partial charge in [0.2, 0.25) is 0 Å². The quantitative estimate of drug-likeness (QED) is 0.688. The maximum atomic E-state index is 12.2. The molecule has 3 rings (SSSR count). The Morgan fingerprint density at radius 2 is 1.83 bits per heavy atom. The van der Waals surface area contributed by atoms with Crippen LogP contribution in [-0.4, -0.2) is 49.8 Å². The van der Waals surface area contributed by atoms with Crippen molar-refractivity contribution in [3.8, 4) is 5.75 Å². The van der Waals surface area contributed by atoms with Gasteiger partial charge in [0, 0.05) is 12.6 Å². The molecule has 1 amide bonds. The minimum absolute atomic E-state index is 0.238. The van der Waals surface area contributed by atoms with Crippen molar-refractivity contribution in [1.82, 2.24) is 10.2 Å². The third-order valence-electron chi connectivity index (χ3n) is 5.85. The molecular formula is C22H32F2N2O3. The summed E-state index contributed by atoms with van der Waals surface area (Å²) in [6.07, 6.45) is 1.60. The molecule has 1 aliphatic carbocycles. The van der Waals surface area contributed by atoms with E-state index in [0.717, 1.165) is 50.9 Å². The summed E-state index contributed by atoms with van der Waals surface area (Å²) in [7, 11) is 0. The number of rotatable bonds is 8. The molecule has 1 heterocycles. The molecule has 1 saturated carbocycles. The van der Waals surface area contributed by atoms with E-state index < -0.39 is 13.0 Å². The smallest absolute Gasteiger partial charge is 0.407 e. The molecule has 2 fully saturated rings. The fourth-order valence-corrected chi connectivity index (χ4v) is 4.24. The average Bonchev–Trinajstić information content (AvgIpc) is 2.66. The molecule has 5 nitrogen and oxygen atoms in total. The van der Waals surface area contributed by atoms with E-state index in [-0.39, 0.29) is 12.1 Å². The maximum Gasteiger partial charge on any atom is 0.407 e. The zero-order chi connectivity index (χ0) is 20.9. The summed E-state index contributed by atoms with van der Waals surface area (Å²) < 4.78 is 34.6. The van der Waals surface area contributed by atoms with Gasteiger partial charge in [0.15, 0.2) is 0 Å². The Morgan fingerprint density at radius 3 is 2.41 bits per heavy atom. The largest absolute Gasteiger partial charge is 0.488 e. The van der Waals surface area contributed by atoms with Crippen molar-refractivity contribution in [2.45, 2.75) is 58.5 Å². The molecule has 0 aromatic heterocycles. The van der Waals surface area contributed by atoms with E-state index in [1.807, 2.05) is 26.0 Å². The minimum Gasteiger partial charge on any atom is -0.488 e. The number of alkyl halides is 2. The Kier molecular flexibility index (Phi) is 7.33. The molecule has 7 heteroatoms. The maximum absolute atomic E-state index is 12.2. The van der Waals surface area contributed by atoms with Gasteiger partial charge in [-0.05, 0) is 67.8 Å². The number of halogens is 2. The van der Waals surface area contributed by atoms with Gasteiger partial charge >= 0.3 is 6.09 Å². The fraction of sp³-hybridized carbons (Fsp3) is 0.682. The van der Waals surface area contributed by atoms with Crippen molar-refractivity contribution in [3.05, 3.63) is 29.8 Å². The monoisotopic (exact) mass is 410 g/mol. The van der Waals surface area contributed by atoms with Crippen LogP contribution < -0.4 is 10.1 Å². The molecular weight excluding hydrogens is 378 g/mol. The van der Waals surface area contributed by atoms with Crippen LogP contribution in [0.3, 0.4) is 0 Å². The molecule has 1 saturated heterocycles. The highest BCUT2D eigenvalue weighted by molar-refractivity contribution is 5.67. The lowest BCUT2D eigenvalue weighted by molar-refractivity contribution is 0.00289. The summed E-state index contributed by atoms with van der Waals surface area (Å²) >= 11 is 0. The minimum atomic E-state index is -2.46. The first-order chi connectivity index (χ1) is 13.8. The van der Waals surface area contributed by atoms with Gasteiger partial charge < -0.3 is 14.8 Å². The Morgan fingerprint density at radius 1 is 1.17 bits per heavy atom. The lowest BCUT2D eigenvalue weighted by atomic mass is 9.60. The number of carbonyl (C=O) groups is 1. The number of benzene rings is 1. The van der Waals surface area contributed by atoms with Crippen LogP contribution in [0, 0.1) is 11.3 Å². The molecule has 1 spiro atoms. The lowest BCUT2D eigenvalue weighted by Gasteiger charge is -2.52. The van der Waals surface area contributed by atoms with Crippen LogP contribution in [0.25, 0.3) is 0 Å². The third kappa shape index (κ3) is 6.56. The van der Waals surface area contributed by atoms with Crippen molar-refractivity contribution in [1.29, 1.82) is 0 Å². The van der Waals surface area contributed by atoms with E-state index in [1.54, 1.807) is 12.1 Å². The van der Waals surface area contributed by atoms with Gasteiger partial charge in [0.25, 0.3) is 6.43 Å². The highest BCUT2D eigenvalue weighted by Crippen LogP contribution is 2.49. The van der Waals surface area contributed by atoms with Crippen molar-refractivity contribution < 1.29 is 23.0 Å². The Bertz CT molecular complexity index is 651. The second-order valence-corrected chi connectivity index (χ2v) is 8.86. The SMILES string of the molecule is CC(C)COC(=O)NC1CC2(CCN(Cc3ccc(OCC(F)F)cc3)CC2)C1. The van der Waals surface area contributed by atoms with Crippen LogP contribution in [0.1, 0.15) is 45.1 Å². The predicted molar refractivity (Wildman–Crippen MR) is 107 cm³/mol. The first-order valence-corrected chi connectivity index (χ1v) is 10.5. The molecule has 1 N–H and O–H groups in total. The lowest BCUT2D eigenvalue weighted by Crippen LogP contribution is -2.54. The van der Waals surface area contributed by atoms with Gasteiger partial charge in [0.05, 0.1) is 6.61 Å².